The molecule has 0 bridgehead atoms. The first-order valence-corrected chi connectivity index (χ1v) is 10.4. The van der Waals surface area contributed by atoms with Gasteiger partial charge < -0.3 is 5.32 Å². The van der Waals surface area contributed by atoms with Crippen molar-refractivity contribution in [2.45, 2.75) is 4.90 Å². The van der Waals surface area contributed by atoms with Crippen LogP contribution in [-0.2, 0) is 10.0 Å². The largest absolute Gasteiger partial charge is 0.320 e. The number of benzene rings is 3. The first-order valence-electron chi connectivity index (χ1n) is 8.96. The second kappa shape index (κ2) is 7.92. The van der Waals surface area contributed by atoms with Crippen LogP contribution in [0.5, 0.6) is 0 Å². The number of aromatic nitrogens is 1. The molecular formula is C22H16FN3O3S. The smallest absolute Gasteiger partial charge is 0.262 e. The summed E-state index contributed by atoms with van der Waals surface area (Å²) in [5.74, 6) is -1.19. The second-order valence-electron chi connectivity index (χ2n) is 6.45. The standard InChI is InChI=1S/C22H16FN3O3S/c23-18-10-1-2-11-19(18)26-30(28,29)17-9-3-7-16(14-17)22(27)25-20-12-4-6-15-8-5-13-24-21(15)20/h1-14,26H,(H,25,27). The predicted molar refractivity (Wildman–Crippen MR) is 113 cm³/mol. The number of fused-ring (bicyclic) bond motifs is 1. The van der Waals surface area contributed by atoms with Crippen LogP contribution in [0.25, 0.3) is 10.9 Å². The lowest BCUT2D eigenvalue weighted by Gasteiger charge is -2.11. The summed E-state index contributed by atoms with van der Waals surface area (Å²) < 4.78 is 41.3. The van der Waals surface area contributed by atoms with Crippen LogP contribution in [0.3, 0.4) is 0 Å². The van der Waals surface area contributed by atoms with Crippen molar-refractivity contribution >= 4 is 38.2 Å². The molecule has 0 aliphatic heterocycles. The van der Waals surface area contributed by atoms with Crippen LogP contribution in [-0.4, -0.2) is 19.3 Å². The molecule has 1 amide bonds. The summed E-state index contributed by atoms with van der Waals surface area (Å²) >= 11 is 0. The summed E-state index contributed by atoms with van der Waals surface area (Å²) in [5.41, 5.74) is 1.10. The third kappa shape index (κ3) is 3.99. The Morgan fingerprint density at radius 1 is 0.867 bits per heavy atom. The van der Waals surface area contributed by atoms with Crippen LogP contribution >= 0.6 is 0 Å². The molecule has 4 rings (SSSR count). The minimum atomic E-state index is -4.08. The SMILES string of the molecule is O=C(Nc1cccc2cccnc12)c1cccc(S(=O)(=O)Nc2ccccc2F)c1. The number of para-hydroxylation sites is 2. The predicted octanol–water partition coefficient (Wildman–Crippen LogP) is 4.43. The lowest BCUT2D eigenvalue weighted by atomic mass is 10.1. The van der Waals surface area contributed by atoms with Gasteiger partial charge in [0.15, 0.2) is 0 Å². The van der Waals surface area contributed by atoms with Gasteiger partial charge in [0.05, 0.1) is 21.8 Å². The topological polar surface area (TPSA) is 88.2 Å². The van der Waals surface area contributed by atoms with Crippen molar-refractivity contribution in [2.75, 3.05) is 10.0 Å². The second-order valence-corrected chi connectivity index (χ2v) is 8.13. The Kier molecular flexibility index (Phi) is 5.16. The first kappa shape index (κ1) is 19.5. The molecule has 4 aromatic rings. The summed E-state index contributed by atoms with van der Waals surface area (Å²) in [7, 11) is -4.08. The van der Waals surface area contributed by atoms with E-state index in [1.165, 1.54) is 42.5 Å². The summed E-state index contributed by atoms with van der Waals surface area (Å²) in [6.07, 6.45) is 1.62. The number of halogens is 1. The van der Waals surface area contributed by atoms with Crippen molar-refractivity contribution in [2.24, 2.45) is 0 Å². The molecule has 6 nitrogen and oxygen atoms in total. The molecule has 150 valence electrons. The number of nitrogens with one attached hydrogen (secondary N) is 2. The van der Waals surface area contributed by atoms with Crippen LogP contribution in [0.1, 0.15) is 10.4 Å². The van der Waals surface area contributed by atoms with Crippen molar-refractivity contribution in [3.63, 3.8) is 0 Å². The lowest BCUT2D eigenvalue weighted by molar-refractivity contribution is 0.102. The van der Waals surface area contributed by atoms with Gasteiger partial charge in [0.1, 0.15) is 5.82 Å². The Labute approximate surface area is 172 Å². The molecule has 0 spiro atoms. The number of carbonyl (C=O) groups is 1. The molecule has 30 heavy (non-hydrogen) atoms. The molecule has 0 atom stereocenters. The summed E-state index contributed by atoms with van der Waals surface area (Å²) in [6, 6.07) is 20.0. The molecule has 0 unspecified atom stereocenters. The van der Waals surface area contributed by atoms with Gasteiger partial charge in [-0.1, -0.05) is 36.4 Å². The van der Waals surface area contributed by atoms with E-state index in [1.54, 1.807) is 24.4 Å². The Bertz CT molecular complexity index is 1350. The lowest BCUT2D eigenvalue weighted by Crippen LogP contribution is -2.16. The van der Waals surface area contributed by atoms with E-state index in [1.807, 2.05) is 12.1 Å². The van der Waals surface area contributed by atoms with Crippen LogP contribution in [0, 0.1) is 5.82 Å². The molecule has 0 saturated heterocycles. The fraction of sp³-hybridized carbons (Fsp3) is 0. The first-order chi connectivity index (χ1) is 14.4. The molecule has 0 fully saturated rings. The Balaban J connectivity index is 1.61. The van der Waals surface area contributed by atoms with E-state index >= 15 is 0 Å². The van der Waals surface area contributed by atoms with Gasteiger partial charge in [0.2, 0.25) is 0 Å². The van der Waals surface area contributed by atoms with Gasteiger partial charge in [-0.05, 0) is 42.5 Å². The van der Waals surface area contributed by atoms with Gasteiger partial charge in [-0.3, -0.25) is 14.5 Å². The average molecular weight is 421 g/mol. The van der Waals surface area contributed by atoms with E-state index in [9.17, 15) is 17.6 Å². The molecular weight excluding hydrogens is 405 g/mol. The average Bonchev–Trinajstić information content (AvgIpc) is 2.75. The Morgan fingerprint density at radius 3 is 2.43 bits per heavy atom. The number of sulfonamides is 1. The maximum Gasteiger partial charge on any atom is 0.262 e. The van der Waals surface area contributed by atoms with E-state index in [0.717, 1.165) is 11.5 Å². The molecule has 1 aromatic heterocycles. The number of hydrogen-bond donors (Lipinski definition) is 2. The quantitative estimate of drug-likeness (QED) is 0.499. The van der Waals surface area contributed by atoms with Gasteiger partial charge in [-0.25, -0.2) is 12.8 Å². The molecule has 8 heteroatoms. The summed E-state index contributed by atoms with van der Waals surface area (Å²) in [4.78, 5) is 16.9. The minimum Gasteiger partial charge on any atom is -0.320 e. The van der Waals surface area contributed by atoms with E-state index in [4.69, 9.17) is 0 Å². The number of hydrogen-bond acceptors (Lipinski definition) is 4. The van der Waals surface area contributed by atoms with Crippen LogP contribution < -0.4 is 10.0 Å². The third-order valence-corrected chi connectivity index (χ3v) is 5.77. The van der Waals surface area contributed by atoms with Gasteiger partial charge in [0, 0.05) is 17.1 Å². The number of nitrogens with zero attached hydrogens (tertiary/aromatic N) is 1. The maximum absolute atomic E-state index is 13.8. The number of rotatable bonds is 5. The Hall–Kier alpha value is -3.78. The maximum atomic E-state index is 13.8. The highest BCUT2D eigenvalue weighted by molar-refractivity contribution is 7.92. The Morgan fingerprint density at radius 2 is 1.60 bits per heavy atom. The van der Waals surface area contributed by atoms with Crippen molar-refractivity contribution in [1.29, 1.82) is 0 Å². The normalized spacial score (nSPS) is 11.2. The molecule has 0 saturated carbocycles. The van der Waals surface area contributed by atoms with Gasteiger partial charge in [-0.15, -0.1) is 0 Å². The zero-order valence-corrected chi connectivity index (χ0v) is 16.4. The van der Waals surface area contributed by atoms with Crippen LogP contribution in [0.15, 0.2) is 90.0 Å². The zero-order chi connectivity index (χ0) is 21.1. The number of pyridine rings is 1. The van der Waals surface area contributed by atoms with Crippen molar-refractivity contribution in [3.8, 4) is 0 Å². The molecule has 2 N–H and O–H groups in total. The number of anilines is 2. The monoisotopic (exact) mass is 421 g/mol. The van der Waals surface area contributed by atoms with Crippen LogP contribution in [0.2, 0.25) is 0 Å². The van der Waals surface area contributed by atoms with Gasteiger partial charge in [0.25, 0.3) is 15.9 Å². The van der Waals surface area contributed by atoms with Gasteiger partial charge in [-0.2, -0.15) is 0 Å². The minimum absolute atomic E-state index is 0.138. The van der Waals surface area contributed by atoms with Crippen molar-refractivity contribution in [1.82, 2.24) is 4.98 Å². The molecule has 0 aliphatic rings. The fourth-order valence-electron chi connectivity index (χ4n) is 2.95. The summed E-state index contributed by atoms with van der Waals surface area (Å²) in [6.45, 7) is 0. The molecule has 3 aromatic carbocycles. The van der Waals surface area contributed by atoms with Crippen molar-refractivity contribution in [3.05, 3.63) is 96.4 Å². The molecule has 0 radical (unpaired) electrons. The fourth-order valence-corrected chi connectivity index (χ4v) is 4.06. The van der Waals surface area contributed by atoms with E-state index < -0.39 is 21.7 Å². The third-order valence-electron chi connectivity index (χ3n) is 4.41. The van der Waals surface area contributed by atoms with Crippen molar-refractivity contribution < 1.29 is 17.6 Å². The highest BCUT2D eigenvalue weighted by Gasteiger charge is 2.18. The highest BCUT2D eigenvalue weighted by Crippen LogP contribution is 2.23. The molecule has 1 heterocycles. The molecule has 0 aliphatic carbocycles. The van der Waals surface area contributed by atoms with Crippen LogP contribution in [0.4, 0.5) is 15.8 Å². The highest BCUT2D eigenvalue weighted by atomic mass is 32.2. The number of amides is 1. The van der Waals surface area contributed by atoms with Gasteiger partial charge >= 0.3 is 0 Å². The summed E-state index contributed by atoms with van der Waals surface area (Å²) in [5, 5.41) is 3.62. The number of carbonyl (C=O) groups excluding carboxylic acids is 1. The zero-order valence-electron chi connectivity index (χ0n) is 15.5. The van der Waals surface area contributed by atoms with E-state index in [2.05, 4.69) is 15.0 Å². The van der Waals surface area contributed by atoms with E-state index in [0.29, 0.717) is 11.2 Å². The van der Waals surface area contributed by atoms with E-state index in [-0.39, 0.29) is 16.1 Å².